The van der Waals surface area contributed by atoms with Crippen molar-refractivity contribution in [1.29, 1.82) is 0 Å². The van der Waals surface area contributed by atoms with Crippen molar-refractivity contribution in [1.82, 2.24) is 4.98 Å². The molecule has 0 bridgehead atoms. The first-order chi connectivity index (χ1) is 8.24. The summed E-state index contributed by atoms with van der Waals surface area (Å²) in [6, 6.07) is 8.39. The quantitative estimate of drug-likeness (QED) is 0.843. The van der Waals surface area contributed by atoms with Gasteiger partial charge in [0, 0.05) is 12.0 Å². The van der Waals surface area contributed by atoms with E-state index in [0.29, 0.717) is 6.54 Å². The van der Waals surface area contributed by atoms with Crippen LogP contribution in [-0.2, 0) is 12.8 Å². The molecule has 0 spiro atoms. The molecule has 0 fully saturated rings. The Kier molecular flexibility index (Phi) is 3.44. The zero-order valence-corrected chi connectivity index (χ0v) is 9.94. The van der Waals surface area contributed by atoms with E-state index in [0.717, 1.165) is 29.9 Å². The van der Waals surface area contributed by atoms with Crippen LogP contribution < -0.4 is 11.5 Å². The fourth-order valence-corrected chi connectivity index (χ4v) is 1.88. The molecule has 0 aliphatic heterocycles. The van der Waals surface area contributed by atoms with Crippen molar-refractivity contribution in [3.8, 4) is 11.3 Å². The minimum atomic E-state index is 0.223. The van der Waals surface area contributed by atoms with Crippen LogP contribution in [0.2, 0.25) is 0 Å². The summed E-state index contributed by atoms with van der Waals surface area (Å²) in [5, 5.41) is 0. The first-order valence-electron chi connectivity index (χ1n) is 5.79. The van der Waals surface area contributed by atoms with Crippen LogP contribution in [0.1, 0.15) is 18.2 Å². The van der Waals surface area contributed by atoms with Gasteiger partial charge < -0.3 is 15.9 Å². The Hall–Kier alpha value is -1.81. The van der Waals surface area contributed by atoms with Crippen molar-refractivity contribution in [2.45, 2.75) is 19.8 Å². The molecule has 0 amide bonds. The molecule has 0 saturated carbocycles. The fourth-order valence-electron chi connectivity index (χ4n) is 1.88. The van der Waals surface area contributed by atoms with E-state index in [4.69, 9.17) is 15.9 Å². The zero-order valence-electron chi connectivity index (χ0n) is 9.94. The highest BCUT2D eigenvalue weighted by atomic mass is 16.4. The Balaban J connectivity index is 2.41. The third kappa shape index (κ3) is 2.47. The minimum absolute atomic E-state index is 0.223. The molecule has 0 atom stereocenters. The third-order valence-corrected chi connectivity index (χ3v) is 2.67. The van der Waals surface area contributed by atoms with E-state index in [9.17, 15) is 0 Å². The van der Waals surface area contributed by atoms with Gasteiger partial charge in [0.25, 0.3) is 6.01 Å². The van der Waals surface area contributed by atoms with Gasteiger partial charge in [-0.3, -0.25) is 0 Å². The summed E-state index contributed by atoms with van der Waals surface area (Å²) in [5.41, 5.74) is 14.2. The van der Waals surface area contributed by atoms with Crippen molar-refractivity contribution >= 4 is 6.01 Å². The van der Waals surface area contributed by atoms with Crippen LogP contribution >= 0.6 is 0 Å². The third-order valence-electron chi connectivity index (χ3n) is 2.67. The second-order valence-electron chi connectivity index (χ2n) is 3.92. The van der Waals surface area contributed by atoms with E-state index in [1.165, 1.54) is 5.56 Å². The molecule has 17 heavy (non-hydrogen) atoms. The van der Waals surface area contributed by atoms with Crippen molar-refractivity contribution in [2.24, 2.45) is 5.73 Å². The highest BCUT2D eigenvalue weighted by molar-refractivity contribution is 5.63. The van der Waals surface area contributed by atoms with E-state index >= 15 is 0 Å². The number of nitrogens with zero attached hydrogens (tertiary/aromatic N) is 1. The molecular formula is C13H17N3O. The Morgan fingerprint density at radius 1 is 1.35 bits per heavy atom. The molecule has 90 valence electrons. The van der Waals surface area contributed by atoms with E-state index in [1.54, 1.807) is 0 Å². The molecule has 2 rings (SSSR count). The van der Waals surface area contributed by atoms with Gasteiger partial charge >= 0.3 is 0 Å². The van der Waals surface area contributed by atoms with Gasteiger partial charge in [0.2, 0.25) is 0 Å². The van der Waals surface area contributed by atoms with Crippen LogP contribution in [0.25, 0.3) is 11.3 Å². The molecule has 4 heteroatoms. The number of aryl methyl sites for hydroxylation is 1. The number of hydrogen-bond acceptors (Lipinski definition) is 4. The lowest BCUT2D eigenvalue weighted by molar-refractivity contribution is 0.530. The second kappa shape index (κ2) is 5.01. The maximum atomic E-state index is 5.59. The minimum Gasteiger partial charge on any atom is -0.428 e. The van der Waals surface area contributed by atoms with Crippen LogP contribution in [0.4, 0.5) is 6.01 Å². The van der Waals surface area contributed by atoms with Crippen molar-refractivity contribution in [3.05, 3.63) is 35.6 Å². The van der Waals surface area contributed by atoms with Crippen LogP contribution in [-0.4, -0.2) is 11.5 Å². The first kappa shape index (κ1) is 11.7. The summed E-state index contributed by atoms with van der Waals surface area (Å²) in [5.74, 6) is 0.826. The highest BCUT2D eigenvalue weighted by Crippen LogP contribution is 2.26. The molecule has 2 aromatic rings. The molecule has 0 aliphatic rings. The second-order valence-corrected chi connectivity index (χ2v) is 3.92. The number of oxazole rings is 1. The Labute approximate surface area is 101 Å². The number of anilines is 1. The molecule has 1 aromatic carbocycles. The Morgan fingerprint density at radius 2 is 2.18 bits per heavy atom. The lowest BCUT2D eigenvalue weighted by Crippen LogP contribution is -2.02. The van der Waals surface area contributed by atoms with Crippen molar-refractivity contribution < 1.29 is 4.42 Å². The summed E-state index contributed by atoms with van der Waals surface area (Å²) in [7, 11) is 0. The first-order valence-corrected chi connectivity index (χ1v) is 5.79. The van der Waals surface area contributed by atoms with Crippen molar-refractivity contribution in [3.63, 3.8) is 0 Å². The summed E-state index contributed by atoms with van der Waals surface area (Å²) < 4.78 is 5.36. The molecule has 1 aromatic heterocycles. The molecule has 0 unspecified atom stereocenters. The summed E-state index contributed by atoms with van der Waals surface area (Å²) in [6.07, 6.45) is 1.64. The molecule has 1 heterocycles. The van der Waals surface area contributed by atoms with Gasteiger partial charge in [-0.1, -0.05) is 25.1 Å². The number of benzene rings is 1. The number of nitrogens with two attached hydrogens (primary N) is 2. The van der Waals surface area contributed by atoms with Gasteiger partial charge in [-0.15, -0.1) is 0 Å². The number of hydrogen-bond donors (Lipinski definition) is 2. The van der Waals surface area contributed by atoms with E-state index < -0.39 is 0 Å². The predicted molar refractivity (Wildman–Crippen MR) is 68.5 cm³/mol. The van der Waals surface area contributed by atoms with Crippen LogP contribution in [0, 0.1) is 0 Å². The molecule has 4 nitrogen and oxygen atoms in total. The molecule has 0 saturated heterocycles. The fraction of sp³-hybridized carbons (Fsp3) is 0.308. The largest absolute Gasteiger partial charge is 0.428 e. The lowest BCUT2D eigenvalue weighted by Gasteiger charge is -2.02. The zero-order chi connectivity index (χ0) is 12.3. The topological polar surface area (TPSA) is 78.1 Å². The van der Waals surface area contributed by atoms with Gasteiger partial charge in [0.15, 0.2) is 0 Å². The Bertz CT molecular complexity index is 505. The lowest BCUT2D eigenvalue weighted by atomic mass is 10.0. The van der Waals surface area contributed by atoms with Gasteiger partial charge in [-0.25, -0.2) is 0 Å². The smallest absolute Gasteiger partial charge is 0.292 e. The maximum Gasteiger partial charge on any atom is 0.292 e. The highest BCUT2D eigenvalue weighted by Gasteiger charge is 2.12. The predicted octanol–water partition coefficient (Wildman–Crippen LogP) is 1.99. The van der Waals surface area contributed by atoms with Gasteiger partial charge in [0.1, 0.15) is 11.5 Å². The standard InChI is InChI=1S/C13H17N3O/c1-2-11-12(16-13(15)17-11)10-5-3-4-9(8-10)6-7-14/h3-5,8H,2,6-7,14H2,1H3,(H2,15,16). The molecule has 0 aliphatic carbocycles. The number of nitrogen functional groups attached to an aromatic ring is 1. The average molecular weight is 231 g/mol. The van der Waals surface area contributed by atoms with Crippen molar-refractivity contribution in [2.75, 3.05) is 12.3 Å². The normalized spacial score (nSPS) is 10.7. The van der Waals surface area contributed by atoms with Crippen LogP contribution in [0.3, 0.4) is 0 Å². The average Bonchev–Trinajstić information content (AvgIpc) is 2.71. The van der Waals surface area contributed by atoms with E-state index in [2.05, 4.69) is 17.1 Å². The summed E-state index contributed by atoms with van der Waals surface area (Å²) in [4.78, 5) is 4.23. The van der Waals surface area contributed by atoms with Gasteiger partial charge in [0.05, 0.1) is 0 Å². The summed E-state index contributed by atoms with van der Waals surface area (Å²) >= 11 is 0. The number of rotatable bonds is 4. The van der Waals surface area contributed by atoms with Crippen LogP contribution in [0.15, 0.2) is 28.7 Å². The SMILES string of the molecule is CCc1oc(N)nc1-c1cccc(CCN)c1. The van der Waals surface area contributed by atoms with E-state index in [-0.39, 0.29) is 6.01 Å². The van der Waals surface area contributed by atoms with Gasteiger partial charge in [-0.05, 0) is 24.6 Å². The number of aromatic nitrogens is 1. The Morgan fingerprint density at radius 3 is 2.88 bits per heavy atom. The molecular weight excluding hydrogens is 214 g/mol. The summed E-state index contributed by atoms with van der Waals surface area (Å²) in [6.45, 7) is 2.66. The van der Waals surface area contributed by atoms with Gasteiger partial charge in [-0.2, -0.15) is 4.98 Å². The maximum absolute atomic E-state index is 5.59. The molecule has 0 radical (unpaired) electrons. The monoisotopic (exact) mass is 231 g/mol. The van der Waals surface area contributed by atoms with E-state index in [1.807, 2.05) is 19.1 Å². The van der Waals surface area contributed by atoms with Crippen LogP contribution in [0.5, 0.6) is 0 Å². The molecule has 4 N–H and O–H groups in total.